The van der Waals surface area contributed by atoms with Crippen LogP contribution in [0, 0.1) is 0 Å². The minimum atomic E-state index is -0.0541. The smallest absolute Gasteiger partial charge is 0.258 e. The van der Waals surface area contributed by atoms with Crippen LogP contribution in [0.1, 0.15) is 24.8 Å². The Labute approximate surface area is 121 Å². The van der Waals surface area contributed by atoms with Gasteiger partial charge in [-0.2, -0.15) is 4.98 Å². The number of hydrogen-bond donors (Lipinski definition) is 1. The molecule has 0 saturated carbocycles. The summed E-state index contributed by atoms with van der Waals surface area (Å²) in [6, 6.07) is 11.0. The summed E-state index contributed by atoms with van der Waals surface area (Å²) in [5.41, 5.74) is 0.865. The maximum atomic E-state index is 9.57. The first-order chi connectivity index (χ1) is 10.3. The lowest BCUT2D eigenvalue weighted by atomic mass is 10.0. The van der Waals surface area contributed by atoms with Crippen molar-refractivity contribution in [2.75, 3.05) is 6.61 Å². The summed E-state index contributed by atoms with van der Waals surface area (Å²) in [6.07, 6.45) is 1.91. The molecule has 0 amide bonds. The Hall–Kier alpha value is -2.40. The van der Waals surface area contributed by atoms with Crippen LogP contribution in [0.3, 0.4) is 0 Å². The molecule has 1 fully saturated rings. The lowest BCUT2D eigenvalue weighted by Gasteiger charge is -2.03. The number of benzene rings is 2. The van der Waals surface area contributed by atoms with Crippen molar-refractivity contribution < 1.29 is 14.4 Å². The van der Waals surface area contributed by atoms with Gasteiger partial charge in [0.25, 0.3) is 5.89 Å². The van der Waals surface area contributed by atoms with Crippen molar-refractivity contribution in [3.8, 4) is 17.2 Å². The molecule has 21 heavy (non-hydrogen) atoms. The van der Waals surface area contributed by atoms with Crippen LogP contribution in [-0.2, 0) is 4.74 Å². The summed E-state index contributed by atoms with van der Waals surface area (Å²) >= 11 is 0. The maximum absolute atomic E-state index is 9.57. The molecule has 2 aromatic carbocycles. The van der Waals surface area contributed by atoms with Crippen molar-refractivity contribution in [3.63, 3.8) is 0 Å². The van der Waals surface area contributed by atoms with Crippen LogP contribution in [0.15, 0.2) is 40.9 Å². The molecule has 1 N–H and O–H groups in total. The van der Waals surface area contributed by atoms with Crippen molar-refractivity contribution in [3.05, 3.63) is 42.2 Å². The van der Waals surface area contributed by atoms with Gasteiger partial charge in [-0.3, -0.25) is 0 Å². The summed E-state index contributed by atoms with van der Waals surface area (Å²) < 4.78 is 11.0. The Kier molecular flexibility index (Phi) is 2.86. The van der Waals surface area contributed by atoms with Crippen LogP contribution in [0.2, 0.25) is 0 Å². The van der Waals surface area contributed by atoms with Gasteiger partial charge >= 0.3 is 0 Å². The zero-order valence-electron chi connectivity index (χ0n) is 11.3. The number of fused-ring (bicyclic) bond motifs is 1. The largest absolute Gasteiger partial charge is 0.508 e. The Bertz CT molecular complexity index is 791. The number of phenolic OH excluding ortho intramolecular Hbond substituents is 1. The van der Waals surface area contributed by atoms with Crippen molar-refractivity contribution in [2.24, 2.45) is 0 Å². The lowest BCUT2D eigenvalue weighted by molar-refractivity contribution is 0.103. The van der Waals surface area contributed by atoms with E-state index in [0.717, 1.165) is 35.8 Å². The molecule has 1 saturated heterocycles. The minimum Gasteiger partial charge on any atom is -0.508 e. The molecule has 0 radical (unpaired) electrons. The van der Waals surface area contributed by atoms with E-state index in [0.29, 0.717) is 11.7 Å². The zero-order valence-corrected chi connectivity index (χ0v) is 11.3. The van der Waals surface area contributed by atoms with E-state index in [1.54, 1.807) is 12.1 Å². The fraction of sp³-hybridized carbons (Fsp3) is 0.250. The molecule has 3 aromatic rings. The highest BCUT2D eigenvalue weighted by Crippen LogP contribution is 2.32. The van der Waals surface area contributed by atoms with Gasteiger partial charge in [-0.1, -0.05) is 17.3 Å². The molecule has 1 aliphatic heterocycles. The Balaban J connectivity index is 1.79. The predicted molar refractivity (Wildman–Crippen MR) is 76.8 cm³/mol. The highest BCUT2D eigenvalue weighted by atomic mass is 16.5. The molecule has 0 bridgehead atoms. The molecular formula is C16H14N2O3. The zero-order chi connectivity index (χ0) is 14.2. The number of aromatic hydroxyl groups is 1. The first kappa shape index (κ1) is 12.3. The molecule has 0 aliphatic carbocycles. The van der Waals surface area contributed by atoms with Crippen LogP contribution in [0.5, 0.6) is 5.75 Å². The number of rotatable bonds is 2. The molecule has 4 rings (SSSR count). The van der Waals surface area contributed by atoms with E-state index in [1.165, 1.54) is 0 Å². The number of phenols is 1. The normalized spacial score (nSPS) is 18.4. The quantitative estimate of drug-likeness (QED) is 0.779. The molecule has 106 valence electrons. The molecule has 1 unspecified atom stereocenters. The van der Waals surface area contributed by atoms with Crippen LogP contribution in [0.25, 0.3) is 22.2 Å². The number of aromatic nitrogens is 2. The van der Waals surface area contributed by atoms with Gasteiger partial charge in [0.05, 0.1) is 0 Å². The van der Waals surface area contributed by atoms with E-state index in [9.17, 15) is 5.11 Å². The standard InChI is InChI=1S/C16H14N2O3/c19-11-6-7-12-10(9-11)3-1-4-13(12)16-17-15(18-21-16)14-5-2-8-20-14/h1,3-4,6-7,9,14,19H,2,5,8H2. The number of hydrogen-bond acceptors (Lipinski definition) is 5. The summed E-state index contributed by atoms with van der Waals surface area (Å²) in [4.78, 5) is 4.47. The van der Waals surface area contributed by atoms with Crippen LogP contribution < -0.4 is 0 Å². The van der Waals surface area contributed by atoms with Gasteiger partial charge in [0.2, 0.25) is 5.82 Å². The average Bonchev–Trinajstić information content (AvgIpc) is 3.17. The van der Waals surface area contributed by atoms with E-state index in [4.69, 9.17) is 9.26 Å². The summed E-state index contributed by atoms with van der Waals surface area (Å²) in [5.74, 6) is 1.33. The molecular weight excluding hydrogens is 268 g/mol. The molecule has 0 spiro atoms. The molecule has 1 aromatic heterocycles. The van der Waals surface area contributed by atoms with Gasteiger partial charge in [-0.05, 0) is 47.9 Å². The predicted octanol–water partition coefficient (Wildman–Crippen LogP) is 3.45. The first-order valence-electron chi connectivity index (χ1n) is 6.98. The van der Waals surface area contributed by atoms with E-state index < -0.39 is 0 Å². The van der Waals surface area contributed by atoms with Gasteiger partial charge in [0.1, 0.15) is 11.9 Å². The van der Waals surface area contributed by atoms with Gasteiger partial charge < -0.3 is 14.4 Å². The fourth-order valence-corrected chi connectivity index (χ4v) is 2.71. The molecule has 5 heteroatoms. The Morgan fingerprint density at radius 1 is 1.19 bits per heavy atom. The first-order valence-corrected chi connectivity index (χ1v) is 6.98. The molecule has 2 heterocycles. The highest BCUT2D eigenvalue weighted by Gasteiger charge is 2.23. The molecule has 1 aliphatic rings. The van der Waals surface area contributed by atoms with Crippen molar-refractivity contribution >= 4 is 10.8 Å². The summed E-state index contributed by atoms with van der Waals surface area (Å²) in [7, 11) is 0. The van der Waals surface area contributed by atoms with E-state index in [2.05, 4.69) is 10.1 Å². The van der Waals surface area contributed by atoms with Crippen molar-refractivity contribution in [1.29, 1.82) is 0 Å². The Morgan fingerprint density at radius 3 is 3.00 bits per heavy atom. The SMILES string of the molecule is Oc1ccc2c(-c3nc(C4CCCO4)no3)cccc2c1. The second-order valence-electron chi connectivity index (χ2n) is 5.17. The van der Waals surface area contributed by atoms with Gasteiger partial charge in [0.15, 0.2) is 0 Å². The topological polar surface area (TPSA) is 68.4 Å². The van der Waals surface area contributed by atoms with E-state index in [-0.39, 0.29) is 11.9 Å². The van der Waals surface area contributed by atoms with Gasteiger partial charge in [-0.25, -0.2) is 0 Å². The summed E-state index contributed by atoms with van der Waals surface area (Å²) in [6.45, 7) is 0.752. The molecule has 5 nitrogen and oxygen atoms in total. The van der Waals surface area contributed by atoms with Gasteiger partial charge in [-0.15, -0.1) is 0 Å². The number of ether oxygens (including phenoxy) is 1. The number of nitrogens with zero attached hydrogens (tertiary/aromatic N) is 2. The third-order valence-corrected chi connectivity index (χ3v) is 3.75. The maximum Gasteiger partial charge on any atom is 0.258 e. The van der Waals surface area contributed by atoms with E-state index >= 15 is 0 Å². The fourth-order valence-electron chi connectivity index (χ4n) is 2.71. The van der Waals surface area contributed by atoms with Crippen LogP contribution in [0.4, 0.5) is 0 Å². The van der Waals surface area contributed by atoms with Crippen molar-refractivity contribution in [1.82, 2.24) is 10.1 Å². The monoisotopic (exact) mass is 282 g/mol. The van der Waals surface area contributed by atoms with Crippen molar-refractivity contribution in [2.45, 2.75) is 18.9 Å². The average molecular weight is 282 g/mol. The molecule has 1 atom stereocenters. The lowest BCUT2D eigenvalue weighted by Crippen LogP contribution is -1.97. The third kappa shape index (κ3) is 2.15. The van der Waals surface area contributed by atoms with Crippen LogP contribution in [-0.4, -0.2) is 21.9 Å². The second kappa shape index (κ2) is 4.86. The van der Waals surface area contributed by atoms with Crippen LogP contribution >= 0.6 is 0 Å². The highest BCUT2D eigenvalue weighted by molar-refractivity contribution is 5.95. The summed E-state index contributed by atoms with van der Waals surface area (Å²) in [5, 5.41) is 15.5. The van der Waals surface area contributed by atoms with E-state index in [1.807, 2.05) is 24.3 Å². The second-order valence-corrected chi connectivity index (χ2v) is 5.17. The third-order valence-electron chi connectivity index (χ3n) is 3.75. The Morgan fingerprint density at radius 2 is 2.14 bits per heavy atom. The van der Waals surface area contributed by atoms with Gasteiger partial charge in [0, 0.05) is 12.2 Å². The minimum absolute atomic E-state index is 0.0541.